The molecule has 150 valence electrons. The Morgan fingerprint density at radius 2 is 1.76 bits per heavy atom. The highest BCUT2D eigenvalue weighted by Crippen LogP contribution is 2.19. The molecule has 0 bridgehead atoms. The van der Waals surface area contributed by atoms with E-state index in [4.69, 9.17) is 5.73 Å². The molecular formula is C23H26N4O2. The van der Waals surface area contributed by atoms with E-state index in [1.165, 1.54) is 0 Å². The highest BCUT2D eigenvalue weighted by atomic mass is 16.2. The summed E-state index contributed by atoms with van der Waals surface area (Å²) in [4.78, 5) is 30.5. The number of rotatable bonds is 8. The Kier molecular flexibility index (Phi) is 6.57. The number of nitrogens with zero attached hydrogens (tertiary/aromatic N) is 2. The van der Waals surface area contributed by atoms with Gasteiger partial charge in [-0.15, -0.1) is 0 Å². The van der Waals surface area contributed by atoms with Crippen LogP contribution in [0.4, 0.5) is 0 Å². The lowest BCUT2D eigenvalue weighted by Gasteiger charge is -2.26. The quantitative estimate of drug-likeness (QED) is 0.619. The van der Waals surface area contributed by atoms with Crippen molar-refractivity contribution in [1.82, 2.24) is 15.2 Å². The number of hydrogen-bond donors (Lipinski definition) is 2. The first-order valence-electron chi connectivity index (χ1n) is 9.80. The van der Waals surface area contributed by atoms with Crippen molar-refractivity contribution in [3.05, 3.63) is 77.5 Å². The summed E-state index contributed by atoms with van der Waals surface area (Å²) in [6.07, 6.45) is 0. The van der Waals surface area contributed by atoms with Crippen LogP contribution in [0.25, 0.3) is 10.9 Å². The number of carbonyl (C=O) groups excluding carboxylic acids is 2. The van der Waals surface area contributed by atoms with Gasteiger partial charge < -0.3 is 10.6 Å². The van der Waals surface area contributed by atoms with Crippen molar-refractivity contribution in [2.24, 2.45) is 5.73 Å². The smallest absolute Gasteiger partial charge is 0.267 e. The molecule has 3 aromatic rings. The maximum atomic E-state index is 13.1. The van der Waals surface area contributed by atoms with Crippen molar-refractivity contribution in [2.45, 2.75) is 26.4 Å². The summed E-state index contributed by atoms with van der Waals surface area (Å²) in [5.41, 5.74) is 8.23. The molecule has 3 rings (SSSR count). The zero-order valence-corrected chi connectivity index (χ0v) is 16.8. The second-order valence-corrected chi connectivity index (χ2v) is 6.82. The predicted octanol–water partition coefficient (Wildman–Crippen LogP) is 3.03. The molecule has 0 aliphatic rings. The summed E-state index contributed by atoms with van der Waals surface area (Å²) in [5.74, 6) is -0.479. The monoisotopic (exact) mass is 390 g/mol. The molecule has 1 heterocycles. The fourth-order valence-electron chi connectivity index (χ4n) is 3.35. The van der Waals surface area contributed by atoms with Gasteiger partial charge in [-0.2, -0.15) is 0 Å². The first kappa shape index (κ1) is 20.5. The fraction of sp³-hybridized carbons (Fsp3) is 0.261. The van der Waals surface area contributed by atoms with Crippen LogP contribution in [0.2, 0.25) is 0 Å². The molecule has 6 heteroatoms. The van der Waals surface area contributed by atoms with E-state index in [-0.39, 0.29) is 11.6 Å². The van der Waals surface area contributed by atoms with Gasteiger partial charge in [-0.05, 0) is 43.2 Å². The number of nitrogens with two attached hydrogens (primary N) is 1. The minimum atomic E-state index is -0.543. The van der Waals surface area contributed by atoms with Gasteiger partial charge in [0.2, 0.25) is 5.91 Å². The van der Waals surface area contributed by atoms with Crippen molar-refractivity contribution in [3.63, 3.8) is 0 Å². The van der Waals surface area contributed by atoms with Crippen molar-refractivity contribution in [3.8, 4) is 0 Å². The third-order valence-corrected chi connectivity index (χ3v) is 4.97. The Hall–Kier alpha value is -3.25. The average molecular weight is 390 g/mol. The summed E-state index contributed by atoms with van der Waals surface area (Å²) in [6.45, 7) is 5.84. The molecule has 0 aliphatic heterocycles. The molecule has 0 fully saturated rings. The third-order valence-electron chi connectivity index (χ3n) is 4.97. The molecule has 29 heavy (non-hydrogen) atoms. The molecule has 1 unspecified atom stereocenters. The van der Waals surface area contributed by atoms with E-state index < -0.39 is 11.9 Å². The molecule has 0 saturated carbocycles. The van der Waals surface area contributed by atoms with Crippen molar-refractivity contribution >= 4 is 22.7 Å². The van der Waals surface area contributed by atoms with Gasteiger partial charge in [0.15, 0.2) is 0 Å². The number of nitrogens with one attached hydrogen (secondary N) is 1. The first-order chi connectivity index (χ1) is 14.0. The topological polar surface area (TPSA) is 88.3 Å². The van der Waals surface area contributed by atoms with E-state index in [2.05, 4.69) is 10.3 Å². The molecule has 2 amide bonds. The predicted molar refractivity (Wildman–Crippen MR) is 114 cm³/mol. The minimum absolute atomic E-state index is 0.0646. The number of likely N-dealkylation sites (N-methyl/N-ethyl adjacent to an activating group) is 1. The van der Waals surface area contributed by atoms with E-state index >= 15 is 0 Å². The molecule has 1 atom stereocenters. The van der Waals surface area contributed by atoms with Crippen LogP contribution >= 0.6 is 0 Å². The highest BCUT2D eigenvalue weighted by Gasteiger charge is 2.23. The molecule has 0 spiro atoms. The van der Waals surface area contributed by atoms with E-state index in [0.29, 0.717) is 25.2 Å². The van der Waals surface area contributed by atoms with E-state index in [0.717, 1.165) is 16.5 Å². The Balaban J connectivity index is 1.82. The number of benzene rings is 2. The maximum absolute atomic E-state index is 13.1. The van der Waals surface area contributed by atoms with Crippen LogP contribution in [0, 0.1) is 0 Å². The Morgan fingerprint density at radius 1 is 1.03 bits per heavy atom. The number of hydrogen-bond acceptors (Lipinski definition) is 4. The summed E-state index contributed by atoms with van der Waals surface area (Å²) >= 11 is 0. The molecule has 2 aromatic carbocycles. The van der Waals surface area contributed by atoms with E-state index in [9.17, 15) is 9.59 Å². The minimum Gasteiger partial charge on any atom is -0.364 e. The molecule has 6 nitrogen and oxygen atoms in total. The molecule has 3 N–H and O–H groups in total. The summed E-state index contributed by atoms with van der Waals surface area (Å²) < 4.78 is 0. The fourth-order valence-corrected chi connectivity index (χ4v) is 3.35. The van der Waals surface area contributed by atoms with Crippen LogP contribution < -0.4 is 11.1 Å². The van der Waals surface area contributed by atoms with Gasteiger partial charge in [0.1, 0.15) is 11.7 Å². The number of primary amides is 1. The van der Waals surface area contributed by atoms with Crippen LogP contribution in [-0.4, -0.2) is 34.8 Å². The number of fused-ring (bicyclic) bond motifs is 1. The number of aromatic nitrogens is 1. The standard InChI is InChI=1S/C23H26N4O2/c1-3-27(4-2)23(29)21(17-8-6-5-7-9-17)25-15-16-10-12-19-18(14-16)11-13-20(26-19)22(24)28/h5-14,21,25H,3-4,15H2,1-2H3,(H2,24,28). The Morgan fingerprint density at radius 3 is 2.41 bits per heavy atom. The van der Waals surface area contributed by atoms with Crippen LogP contribution in [0.3, 0.4) is 0 Å². The van der Waals surface area contributed by atoms with Crippen LogP contribution in [0.15, 0.2) is 60.7 Å². The summed E-state index contributed by atoms with van der Waals surface area (Å²) in [7, 11) is 0. The average Bonchev–Trinajstić information content (AvgIpc) is 2.75. The van der Waals surface area contributed by atoms with Gasteiger partial charge in [-0.1, -0.05) is 42.5 Å². The molecule has 0 radical (unpaired) electrons. The lowest BCUT2D eigenvalue weighted by atomic mass is 10.0. The largest absolute Gasteiger partial charge is 0.364 e. The normalized spacial score (nSPS) is 11.9. The first-order valence-corrected chi connectivity index (χ1v) is 9.80. The Bertz CT molecular complexity index is 1000. The maximum Gasteiger partial charge on any atom is 0.267 e. The van der Waals surface area contributed by atoms with Gasteiger partial charge >= 0.3 is 0 Å². The SMILES string of the molecule is CCN(CC)C(=O)C(NCc1ccc2nc(C(N)=O)ccc2c1)c1ccccc1. The lowest BCUT2D eigenvalue weighted by molar-refractivity contribution is -0.133. The third kappa shape index (κ3) is 4.78. The summed E-state index contributed by atoms with van der Waals surface area (Å²) in [6, 6.07) is 18.6. The van der Waals surface area contributed by atoms with Crippen LogP contribution in [-0.2, 0) is 11.3 Å². The van der Waals surface area contributed by atoms with Gasteiger partial charge in [0.25, 0.3) is 5.91 Å². The molecule has 0 saturated heterocycles. The van der Waals surface area contributed by atoms with Crippen LogP contribution in [0.5, 0.6) is 0 Å². The number of pyridine rings is 1. The molecule has 0 aliphatic carbocycles. The zero-order valence-electron chi connectivity index (χ0n) is 16.8. The highest BCUT2D eigenvalue weighted by molar-refractivity contribution is 5.93. The summed E-state index contributed by atoms with van der Waals surface area (Å²) in [5, 5.41) is 4.33. The number of amides is 2. The Labute approximate surface area is 170 Å². The van der Waals surface area contributed by atoms with Crippen molar-refractivity contribution < 1.29 is 9.59 Å². The van der Waals surface area contributed by atoms with Gasteiger partial charge in [-0.25, -0.2) is 4.98 Å². The van der Waals surface area contributed by atoms with Gasteiger partial charge in [0.05, 0.1) is 5.52 Å². The van der Waals surface area contributed by atoms with Gasteiger partial charge in [-0.3, -0.25) is 14.9 Å². The molecule has 1 aromatic heterocycles. The lowest BCUT2D eigenvalue weighted by Crippen LogP contribution is -2.40. The zero-order chi connectivity index (χ0) is 20.8. The van der Waals surface area contributed by atoms with Crippen molar-refractivity contribution in [2.75, 3.05) is 13.1 Å². The van der Waals surface area contributed by atoms with Crippen LogP contribution in [0.1, 0.15) is 41.5 Å². The number of carbonyl (C=O) groups is 2. The van der Waals surface area contributed by atoms with E-state index in [1.54, 1.807) is 6.07 Å². The second-order valence-electron chi connectivity index (χ2n) is 6.82. The molecular weight excluding hydrogens is 364 g/mol. The van der Waals surface area contributed by atoms with E-state index in [1.807, 2.05) is 73.3 Å². The van der Waals surface area contributed by atoms with Gasteiger partial charge in [0, 0.05) is 25.0 Å². The van der Waals surface area contributed by atoms with Crippen molar-refractivity contribution in [1.29, 1.82) is 0 Å². The second kappa shape index (κ2) is 9.30.